The van der Waals surface area contributed by atoms with E-state index in [0.29, 0.717) is 6.10 Å². The standard InChI is InChI=1S/C14H27N3O2/c1-2-4-13(15)14(18)17-8-6-16(7-9-17)11-12-5-3-10-19-12/h12-13H,2-11,15H2,1H3/t12?,13-/m1/s1. The van der Waals surface area contributed by atoms with Crippen LogP contribution >= 0.6 is 0 Å². The molecule has 2 N–H and O–H groups in total. The fraction of sp³-hybridized carbons (Fsp3) is 0.929. The lowest BCUT2D eigenvalue weighted by atomic mass is 10.1. The summed E-state index contributed by atoms with van der Waals surface area (Å²) >= 11 is 0. The van der Waals surface area contributed by atoms with E-state index in [2.05, 4.69) is 11.8 Å². The molecule has 110 valence electrons. The lowest BCUT2D eigenvalue weighted by molar-refractivity contribution is -0.134. The summed E-state index contributed by atoms with van der Waals surface area (Å²) in [5.41, 5.74) is 5.90. The van der Waals surface area contributed by atoms with Crippen LogP contribution < -0.4 is 5.73 Å². The molecule has 0 aromatic rings. The normalized spacial score (nSPS) is 26.6. The molecule has 2 atom stereocenters. The van der Waals surface area contributed by atoms with Crippen LogP contribution in [0.4, 0.5) is 0 Å². The Hall–Kier alpha value is -0.650. The van der Waals surface area contributed by atoms with Gasteiger partial charge in [0, 0.05) is 39.3 Å². The van der Waals surface area contributed by atoms with E-state index in [4.69, 9.17) is 10.5 Å². The van der Waals surface area contributed by atoms with Crippen molar-refractivity contribution in [2.75, 3.05) is 39.3 Å². The van der Waals surface area contributed by atoms with Crippen LogP contribution in [0.5, 0.6) is 0 Å². The van der Waals surface area contributed by atoms with Crippen LogP contribution in [0.1, 0.15) is 32.6 Å². The fourth-order valence-corrected chi connectivity index (χ4v) is 2.90. The van der Waals surface area contributed by atoms with Gasteiger partial charge in [0.25, 0.3) is 0 Å². The van der Waals surface area contributed by atoms with Crippen molar-refractivity contribution in [2.24, 2.45) is 5.73 Å². The smallest absolute Gasteiger partial charge is 0.239 e. The Balaban J connectivity index is 1.70. The van der Waals surface area contributed by atoms with Gasteiger partial charge < -0.3 is 15.4 Å². The Kier molecular flexibility index (Phi) is 5.60. The van der Waals surface area contributed by atoms with Crippen molar-refractivity contribution in [1.82, 2.24) is 9.80 Å². The number of amides is 1. The molecule has 0 aromatic carbocycles. The van der Waals surface area contributed by atoms with Gasteiger partial charge in [-0.2, -0.15) is 0 Å². The minimum Gasteiger partial charge on any atom is -0.377 e. The second-order valence-electron chi connectivity index (χ2n) is 5.66. The summed E-state index contributed by atoms with van der Waals surface area (Å²) in [6.45, 7) is 7.51. The highest BCUT2D eigenvalue weighted by atomic mass is 16.5. The Morgan fingerprint density at radius 3 is 2.68 bits per heavy atom. The molecule has 19 heavy (non-hydrogen) atoms. The van der Waals surface area contributed by atoms with Gasteiger partial charge in [-0.1, -0.05) is 13.3 Å². The second-order valence-corrected chi connectivity index (χ2v) is 5.66. The molecule has 0 radical (unpaired) electrons. The van der Waals surface area contributed by atoms with Gasteiger partial charge in [-0.15, -0.1) is 0 Å². The number of hydrogen-bond donors (Lipinski definition) is 1. The summed E-state index contributed by atoms with van der Waals surface area (Å²) < 4.78 is 5.66. The summed E-state index contributed by atoms with van der Waals surface area (Å²) in [7, 11) is 0. The van der Waals surface area contributed by atoms with E-state index < -0.39 is 0 Å². The molecule has 1 unspecified atom stereocenters. The highest BCUT2D eigenvalue weighted by Crippen LogP contribution is 2.14. The largest absolute Gasteiger partial charge is 0.377 e. The maximum Gasteiger partial charge on any atom is 0.239 e. The molecule has 5 nitrogen and oxygen atoms in total. The van der Waals surface area contributed by atoms with Gasteiger partial charge in [-0.3, -0.25) is 9.69 Å². The maximum absolute atomic E-state index is 12.1. The molecule has 5 heteroatoms. The van der Waals surface area contributed by atoms with Gasteiger partial charge in [0.1, 0.15) is 0 Å². The molecule has 0 spiro atoms. The van der Waals surface area contributed by atoms with Gasteiger partial charge >= 0.3 is 0 Å². The maximum atomic E-state index is 12.1. The van der Waals surface area contributed by atoms with Crippen molar-refractivity contribution in [1.29, 1.82) is 0 Å². The first kappa shape index (κ1) is 14.8. The van der Waals surface area contributed by atoms with E-state index in [1.807, 2.05) is 4.90 Å². The molecule has 2 aliphatic heterocycles. The molecule has 2 saturated heterocycles. The van der Waals surface area contributed by atoms with Crippen LogP contribution in [0.15, 0.2) is 0 Å². The molecular formula is C14H27N3O2. The van der Waals surface area contributed by atoms with Crippen molar-refractivity contribution in [3.05, 3.63) is 0 Å². The van der Waals surface area contributed by atoms with Crippen LogP contribution in [-0.2, 0) is 9.53 Å². The first-order chi connectivity index (χ1) is 9.20. The van der Waals surface area contributed by atoms with E-state index in [9.17, 15) is 4.79 Å². The molecule has 0 aromatic heterocycles. The zero-order valence-electron chi connectivity index (χ0n) is 12.0. The fourth-order valence-electron chi connectivity index (χ4n) is 2.90. The molecule has 2 aliphatic rings. The lowest BCUT2D eigenvalue weighted by Crippen LogP contribution is -2.54. The highest BCUT2D eigenvalue weighted by Gasteiger charge is 2.26. The number of nitrogens with zero attached hydrogens (tertiary/aromatic N) is 2. The van der Waals surface area contributed by atoms with E-state index in [-0.39, 0.29) is 11.9 Å². The van der Waals surface area contributed by atoms with Crippen molar-refractivity contribution in [3.63, 3.8) is 0 Å². The molecule has 2 heterocycles. The highest BCUT2D eigenvalue weighted by molar-refractivity contribution is 5.81. The van der Waals surface area contributed by atoms with Gasteiger partial charge in [0.05, 0.1) is 12.1 Å². The number of rotatable bonds is 5. The van der Waals surface area contributed by atoms with Gasteiger partial charge in [-0.25, -0.2) is 0 Å². The predicted molar refractivity (Wildman–Crippen MR) is 74.9 cm³/mol. The minimum absolute atomic E-state index is 0.124. The zero-order chi connectivity index (χ0) is 13.7. The third-order valence-electron chi connectivity index (χ3n) is 4.09. The molecule has 1 amide bonds. The first-order valence-corrected chi connectivity index (χ1v) is 7.59. The molecular weight excluding hydrogens is 242 g/mol. The molecule has 0 saturated carbocycles. The summed E-state index contributed by atoms with van der Waals surface area (Å²) in [5.74, 6) is 0.124. The SMILES string of the molecule is CCC[C@@H](N)C(=O)N1CCN(CC2CCCO2)CC1. The quantitative estimate of drug-likeness (QED) is 0.786. The molecule has 0 bridgehead atoms. The Morgan fingerprint density at radius 1 is 1.37 bits per heavy atom. The summed E-state index contributed by atoms with van der Waals surface area (Å²) in [6, 6.07) is -0.310. The van der Waals surface area contributed by atoms with E-state index in [1.165, 1.54) is 12.8 Å². The van der Waals surface area contributed by atoms with Crippen molar-refractivity contribution in [2.45, 2.75) is 44.8 Å². The van der Waals surface area contributed by atoms with Crippen LogP contribution in [-0.4, -0.2) is 67.2 Å². The Morgan fingerprint density at radius 2 is 2.11 bits per heavy atom. The number of hydrogen-bond acceptors (Lipinski definition) is 4. The number of carbonyl (C=O) groups excluding carboxylic acids is 1. The van der Waals surface area contributed by atoms with Gasteiger partial charge in [0.2, 0.25) is 5.91 Å². The molecule has 0 aliphatic carbocycles. The number of piperazine rings is 1. The monoisotopic (exact) mass is 269 g/mol. The van der Waals surface area contributed by atoms with E-state index in [0.717, 1.165) is 52.2 Å². The van der Waals surface area contributed by atoms with Crippen LogP contribution in [0.25, 0.3) is 0 Å². The van der Waals surface area contributed by atoms with Crippen molar-refractivity contribution < 1.29 is 9.53 Å². The van der Waals surface area contributed by atoms with Gasteiger partial charge in [0.15, 0.2) is 0 Å². The third-order valence-corrected chi connectivity index (χ3v) is 4.09. The van der Waals surface area contributed by atoms with Crippen molar-refractivity contribution in [3.8, 4) is 0 Å². The minimum atomic E-state index is -0.310. The topological polar surface area (TPSA) is 58.8 Å². The number of nitrogens with two attached hydrogens (primary N) is 1. The summed E-state index contributed by atoms with van der Waals surface area (Å²) in [4.78, 5) is 16.4. The van der Waals surface area contributed by atoms with E-state index >= 15 is 0 Å². The predicted octanol–water partition coefficient (Wildman–Crippen LogP) is 0.437. The average molecular weight is 269 g/mol. The Labute approximate surface area is 116 Å². The van der Waals surface area contributed by atoms with Gasteiger partial charge in [-0.05, 0) is 19.3 Å². The average Bonchev–Trinajstić information content (AvgIpc) is 2.92. The third kappa shape index (κ3) is 4.16. The first-order valence-electron chi connectivity index (χ1n) is 7.59. The number of carbonyl (C=O) groups is 1. The molecule has 2 rings (SSSR count). The molecule has 2 fully saturated rings. The van der Waals surface area contributed by atoms with Crippen LogP contribution in [0.3, 0.4) is 0 Å². The van der Waals surface area contributed by atoms with Crippen LogP contribution in [0, 0.1) is 0 Å². The van der Waals surface area contributed by atoms with E-state index in [1.54, 1.807) is 0 Å². The second kappa shape index (κ2) is 7.22. The zero-order valence-corrected chi connectivity index (χ0v) is 12.0. The number of ether oxygens (including phenoxy) is 1. The Bertz CT molecular complexity index is 284. The van der Waals surface area contributed by atoms with Crippen LogP contribution in [0.2, 0.25) is 0 Å². The van der Waals surface area contributed by atoms with Crippen molar-refractivity contribution >= 4 is 5.91 Å². The summed E-state index contributed by atoms with van der Waals surface area (Å²) in [6.07, 6.45) is 4.53. The summed E-state index contributed by atoms with van der Waals surface area (Å²) in [5, 5.41) is 0. The lowest BCUT2D eigenvalue weighted by Gasteiger charge is -2.36.